The fraction of sp³-hybridized carbons (Fsp3) is 1.00. The fourth-order valence-corrected chi connectivity index (χ4v) is 3.39. The van der Waals surface area contributed by atoms with Gasteiger partial charge in [-0.05, 0) is 34.5 Å². The second-order valence-electron chi connectivity index (χ2n) is 7.20. The van der Waals surface area contributed by atoms with E-state index in [2.05, 4.69) is 55.4 Å². The lowest BCUT2D eigenvalue weighted by atomic mass is 9.44. The summed E-state index contributed by atoms with van der Waals surface area (Å²) in [6.45, 7) is 19.5. The molecule has 0 aromatic carbocycles. The molecule has 0 aromatic heterocycles. The summed E-state index contributed by atoms with van der Waals surface area (Å²) >= 11 is 0. The van der Waals surface area contributed by atoms with Crippen LogP contribution in [0.3, 0.4) is 0 Å². The molecule has 0 bridgehead atoms. The van der Waals surface area contributed by atoms with E-state index in [1.807, 2.05) is 0 Å². The molecule has 0 aliphatic heterocycles. The van der Waals surface area contributed by atoms with E-state index in [0.29, 0.717) is 16.2 Å². The largest absolute Gasteiger partial charge is 0.0622 e. The van der Waals surface area contributed by atoms with Crippen molar-refractivity contribution in [3.63, 3.8) is 0 Å². The van der Waals surface area contributed by atoms with Crippen molar-refractivity contribution in [2.45, 2.75) is 61.8 Å². The van der Waals surface area contributed by atoms with Gasteiger partial charge < -0.3 is 0 Å². The van der Waals surface area contributed by atoms with Crippen LogP contribution in [-0.4, -0.2) is 0 Å². The molecule has 1 saturated carbocycles. The Morgan fingerprint density at radius 1 is 0.857 bits per heavy atom. The second kappa shape index (κ2) is 3.00. The molecular weight excluding hydrogens is 168 g/mol. The quantitative estimate of drug-likeness (QED) is 0.525. The zero-order valence-electron chi connectivity index (χ0n) is 11.4. The van der Waals surface area contributed by atoms with Gasteiger partial charge in [0.1, 0.15) is 0 Å². The Morgan fingerprint density at radius 2 is 1.29 bits per heavy atom. The molecule has 14 heavy (non-hydrogen) atoms. The molecule has 0 heterocycles. The van der Waals surface area contributed by atoms with Crippen LogP contribution in [0.2, 0.25) is 0 Å². The second-order valence-corrected chi connectivity index (χ2v) is 7.20. The Morgan fingerprint density at radius 3 is 1.71 bits per heavy atom. The van der Waals surface area contributed by atoms with Gasteiger partial charge in [-0.25, -0.2) is 0 Å². The van der Waals surface area contributed by atoms with Crippen LogP contribution < -0.4 is 0 Å². The highest BCUT2D eigenvalue weighted by molar-refractivity contribution is 5.04. The molecule has 0 N–H and O–H groups in total. The third-order valence-electron chi connectivity index (χ3n) is 6.13. The van der Waals surface area contributed by atoms with Crippen LogP contribution in [0.1, 0.15) is 61.8 Å². The molecule has 0 nitrogen and oxygen atoms in total. The molecule has 1 rings (SSSR count). The maximum Gasteiger partial charge on any atom is -0.0249 e. The van der Waals surface area contributed by atoms with E-state index in [9.17, 15) is 0 Å². The van der Waals surface area contributed by atoms with Crippen molar-refractivity contribution in [1.82, 2.24) is 0 Å². The minimum Gasteiger partial charge on any atom is -0.0622 e. The van der Waals surface area contributed by atoms with Gasteiger partial charge in [-0.3, -0.25) is 0 Å². The van der Waals surface area contributed by atoms with Gasteiger partial charge in [-0.2, -0.15) is 0 Å². The molecular formula is C14H28. The average molecular weight is 196 g/mol. The summed E-state index contributed by atoms with van der Waals surface area (Å²) in [5.74, 6) is 1.68. The van der Waals surface area contributed by atoms with Crippen LogP contribution >= 0.6 is 0 Å². The molecule has 84 valence electrons. The summed E-state index contributed by atoms with van der Waals surface area (Å²) < 4.78 is 0. The van der Waals surface area contributed by atoms with Crippen molar-refractivity contribution in [1.29, 1.82) is 0 Å². The smallest absolute Gasteiger partial charge is 0.0249 e. The van der Waals surface area contributed by atoms with Gasteiger partial charge in [-0.15, -0.1) is 0 Å². The van der Waals surface area contributed by atoms with Crippen LogP contribution in [0.25, 0.3) is 0 Å². The van der Waals surface area contributed by atoms with Gasteiger partial charge in [0.15, 0.2) is 0 Å². The first kappa shape index (κ1) is 12.1. The maximum absolute atomic E-state index is 2.45. The molecule has 0 radical (unpaired) electrons. The molecule has 0 heteroatoms. The van der Waals surface area contributed by atoms with Crippen LogP contribution in [0.15, 0.2) is 0 Å². The minimum absolute atomic E-state index is 0.423. The molecule has 0 saturated heterocycles. The molecule has 2 unspecified atom stereocenters. The SMILES string of the molecule is CC1CC(C)(C)C(C)(C)C(C)(C)C1C. The van der Waals surface area contributed by atoms with E-state index in [0.717, 1.165) is 11.8 Å². The van der Waals surface area contributed by atoms with Gasteiger partial charge in [0.25, 0.3) is 0 Å². The standard InChI is InChI=1S/C14H28/c1-10-9-12(3,4)14(7,8)13(5,6)11(10)2/h10-11H,9H2,1-8H3. The van der Waals surface area contributed by atoms with Crippen molar-refractivity contribution in [2.75, 3.05) is 0 Å². The highest BCUT2D eigenvalue weighted by Gasteiger charge is 2.55. The topological polar surface area (TPSA) is 0 Å². The Kier molecular flexibility index (Phi) is 2.58. The fourth-order valence-electron chi connectivity index (χ4n) is 3.39. The Bertz CT molecular complexity index is 220. The average Bonchev–Trinajstić information content (AvgIpc) is 1.99. The van der Waals surface area contributed by atoms with Crippen LogP contribution in [0, 0.1) is 28.1 Å². The zero-order valence-corrected chi connectivity index (χ0v) is 11.4. The van der Waals surface area contributed by atoms with Crippen molar-refractivity contribution in [3.05, 3.63) is 0 Å². The minimum atomic E-state index is 0.423. The van der Waals surface area contributed by atoms with E-state index in [-0.39, 0.29) is 0 Å². The van der Waals surface area contributed by atoms with Crippen LogP contribution in [-0.2, 0) is 0 Å². The third kappa shape index (κ3) is 1.33. The predicted molar refractivity (Wildman–Crippen MR) is 64.3 cm³/mol. The lowest BCUT2D eigenvalue weighted by molar-refractivity contribution is -0.124. The van der Waals surface area contributed by atoms with Crippen LogP contribution in [0.5, 0.6) is 0 Å². The lowest BCUT2D eigenvalue weighted by Crippen LogP contribution is -2.54. The van der Waals surface area contributed by atoms with E-state index in [1.165, 1.54) is 6.42 Å². The molecule has 1 aliphatic carbocycles. The summed E-state index contributed by atoms with van der Waals surface area (Å²) in [5.41, 5.74) is 1.32. The third-order valence-corrected chi connectivity index (χ3v) is 6.13. The van der Waals surface area contributed by atoms with Gasteiger partial charge >= 0.3 is 0 Å². The van der Waals surface area contributed by atoms with Gasteiger partial charge in [-0.1, -0.05) is 55.4 Å². The molecule has 0 spiro atoms. The van der Waals surface area contributed by atoms with E-state index >= 15 is 0 Å². The Balaban J connectivity index is 3.15. The first-order valence-corrected chi connectivity index (χ1v) is 6.04. The molecule has 0 amide bonds. The first-order valence-electron chi connectivity index (χ1n) is 6.04. The Labute approximate surface area is 90.5 Å². The van der Waals surface area contributed by atoms with Gasteiger partial charge in [0.05, 0.1) is 0 Å². The van der Waals surface area contributed by atoms with Gasteiger partial charge in [0, 0.05) is 0 Å². The summed E-state index contributed by atoms with van der Waals surface area (Å²) in [7, 11) is 0. The normalized spacial score (nSPS) is 39.4. The maximum atomic E-state index is 2.45. The monoisotopic (exact) mass is 196 g/mol. The van der Waals surface area contributed by atoms with Gasteiger partial charge in [0.2, 0.25) is 0 Å². The van der Waals surface area contributed by atoms with Crippen LogP contribution in [0.4, 0.5) is 0 Å². The van der Waals surface area contributed by atoms with Crippen molar-refractivity contribution in [3.8, 4) is 0 Å². The molecule has 0 aromatic rings. The summed E-state index contributed by atoms with van der Waals surface area (Å²) in [6, 6.07) is 0. The van der Waals surface area contributed by atoms with E-state index in [1.54, 1.807) is 0 Å². The summed E-state index contributed by atoms with van der Waals surface area (Å²) in [6.07, 6.45) is 1.37. The van der Waals surface area contributed by atoms with Crippen molar-refractivity contribution in [2.24, 2.45) is 28.1 Å². The van der Waals surface area contributed by atoms with Crippen molar-refractivity contribution < 1.29 is 0 Å². The number of hydrogen-bond donors (Lipinski definition) is 0. The van der Waals surface area contributed by atoms with E-state index in [4.69, 9.17) is 0 Å². The highest BCUT2D eigenvalue weighted by Crippen LogP contribution is 2.62. The van der Waals surface area contributed by atoms with Crippen molar-refractivity contribution >= 4 is 0 Å². The number of hydrogen-bond acceptors (Lipinski definition) is 0. The molecule has 2 atom stereocenters. The Hall–Kier alpha value is 0. The first-order chi connectivity index (χ1) is 6.04. The predicted octanol–water partition coefficient (Wildman–Crippen LogP) is 4.74. The summed E-state index contributed by atoms with van der Waals surface area (Å²) in [5, 5.41) is 0. The van der Waals surface area contributed by atoms with E-state index < -0.39 is 0 Å². The zero-order chi connectivity index (χ0) is 11.4. The summed E-state index contributed by atoms with van der Waals surface area (Å²) in [4.78, 5) is 0. The molecule has 1 aliphatic rings. The number of rotatable bonds is 0. The molecule has 1 fully saturated rings. The lowest BCUT2D eigenvalue weighted by Gasteiger charge is -2.61. The highest BCUT2D eigenvalue weighted by atomic mass is 14.6.